The fraction of sp³-hybridized carbons (Fsp3) is 0.467. The topological polar surface area (TPSA) is 98.8 Å². The Hall–Kier alpha value is -2.09. The lowest BCUT2D eigenvalue weighted by atomic mass is 10.2. The smallest absolute Gasteiger partial charge is 0.347 e. The molecule has 1 aromatic rings. The van der Waals surface area contributed by atoms with E-state index in [1.807, 2.05) is 6.07 Å². The van der Waals surface area contributed by atoms with Crippen LogP contribution in [0.1, 0.15) is 13.3 Å². The SMILES string of the molecule is C[C@@H](Oc1ccccc1)C(=O)OCC(=O)N[C@H]1CCS(=O)(=O)C1. The number of benzene rings is 1. The van der Waals surface area contributed by atoms with Gasteiger partial charge in [-0.1, -0.05) is 18.2 Å². The molecule has 1 aromatic carbocycles. The molecular formula is C15H19NO6S. The molecule has 23 heavy (non-hydrogen) atoms. The molecule has 1 N–H and O–H groups in total. The average Bonchev–Trinajstić information content (AvgIpc) is 2.84. The second-order valence-electron chi connectivity index (χ2n) is 5.35. The predicted molar refractivity (Wildman–Crippen MR) is 82.7 cm³/mol. The molecular weight excluding hydrogens is 322 g/mol. The largest absolute Gasteiger partial charge is 0.479 e. The van der Waals surface area contributed by atoms with Gasteiger partial charge in [0.2, 0.25) is 0 Å². The molecule has 0 saturated carbocycles. The quantitative estimate of drug-likeness (QED) is 0.747. The Morgan fingerprint density at radius 2 is 2.00 bits per heavy atom. The number of esters is 1. The first-order valence-corrected chi connectivity index (χ1v) is 9.06. The van der Waals surface area contributed by atoms with E-state index in [0.29, 0.717) is 12.2 Å². The van der Waals surface area contributed by atoms with E-state index in [9.17, 15) is 18.0 Å². The number of carbonyl (C=O) groups excluding carboxylic acids is 2. The Morgan fingerprint density at radius 3 is 2.61 bits per heavy atom. The Labute approximate surface area is 134 Å². The zero-order valence-electron chi connectivity index (χ0n) is 12.7. The van der Waals surface area contributed by atoms with Crippen LogP contribution in [0.15, 0.2) is 30.3 Å². The molecule has 0 spiro atoms. The van der Waals surface area contributed by atoms with Crippen molar-refractivity contribution in [1.82, 2.24) is 5.32 Å². The zero-order valence-corrected chi connectivity index (χ0v) is 13.5. The zero-order chi connectivity index (χ0) is 16.9. The van der Waals surface area contributed by atoms with Gasteiger partial charge in [0, 0.05) is 6.04 Å². The molecule has 1 saturated heterocycles. The van der Waals surface area contributed by atoms with E-state index in [0.717, 1.165) is 0 Å². The number of para-hydroxylation sites is 1. The number of hydrogen-bond donors (Lipinski definition) is 1. The Balaban J connectivity index is 1.72. The highest BCUT2D eigenvalue weighted by atomic mass is 32.2. The van der Waals surface area contributed by atoms with Gasteiger partial charge in [0.15, 0.2) is 22.5 Å². The summed E-state index contributed by atoms with van der Waals surface area (Å²) in [6.07, 6.45) is -0.465. The summed E-state index contributed by atoms with van der Waals surface area (Å²) in [7, 11) is -3.06. The molecule has 1 heterocycles. The van der Waals surface area contributed by atoms with Crippen LogP contribution in [0.3, 0.4) is 0 Å². The van der Waals surface area contributed by atoms with Crippen molar-refractivity contribution < 1.29 is 27.5 Å². The van der Waals surface area contributed by atoms with Gasteiger partial charge in [-0.05, 0) is 25.5 Å². The van der Waals surface area contributed by atoms with Gasteiger partial charge >= 0.3 is 5.97 Å². The summed E-state index contributed by atoms with van der Waals surface area (Å²) in [6.45, 7) is 1.06. The van der Waals surface area contributed by atoms with E-state index >= 15 is 0 Å². The third kappa shape index (κ3) is 5.55. The lowest BCUT2D eigenvalue weighted by Crippen LogP contribution is -2.39. The molecule has 1 amide bonds. The van der Waals surface area contributed by atoms with Gasteiger partial charge in [-0.2, -0.15) is 0 Å². The van der Waals surface area contributed by atoms with Crippen LogP contribution in [0.4, 0.5) is 0 Å². The molecule has 126 valence electrons. The van der Waals surface area contributed by atoms with Crippen molar-refractivity contribution in [3.63, 3.8) is 0 Å². The lowest BCUT2D eigenvalue weighted by molar-refractivity contribution is -0.154. The first-order valence-electron chi connectivity index (χ1n) is 7.24. The van der Waals surface area contributed by atoms with Crippen molar-refractivity contribution in [2.24, 2.45) is 0 Å². The van der Waals surface area contributed by atoms with Crippen LogP contribution in [0.5, 0.6) is 5.75 Å². The van der Waals surface area contributed by atoms with Crippen LogP contribution >= 0.6 is 0 Å². The van der Waals surface area contributed by atoms with Gasteiger partial charge in [0.25, 0.3) is 5.91 Å². The van der Waals surface area contributed by atoms with Gasteiger partial charge in [-0.3, -0.25) is 4.79 Å². The predicted octanol–water partition coefficient (Wildman–Crippen LogP) is 0.300. The first kappa shape index (κ1) is 17.3. The van der Waals surface area contributed by atoms with Crippen LogP contribution in [0, 0.1) is 0 Å². The molecule has 7 nitrogen and oxygen atoms in total. The molecule has 0 radical (unpaired) electrons. The molecule has 1 aliphatic rings. The molecule has 0 aliphatic carbocycles. The molecule has 2 rings (SSSR count). The number of carbonyl (C=O) groups is 2. The van der Waals surface area contributed by atoms with E-state index < -0.39 is 40.5 Å². The van der Waals surface area contributed by atoms with Crippen LogP contribution < -0.4 is 10.1 Å². The Bertz CT molecular complexity index is 658. The molecule has 1 fully saturated rings. The van der Waals surface area contributed by atoms with E-state index in [-0.39, 0.29) is 11.5 Å². The second kappa shape index (κ2) is 7.45. The number of amides is 1. The number of ether oxygens (including phenoxy) is 2. The maximum absolute atomic E-state index is 11.8. The van der Waals surface area contributed by atoms with Crippen LogP contribution in [0.25, 0.3) is 0 Å². The number of rotatable bonds is 6. The van der Waals surface area contributed by atoms with Crippen molar-refractivity contribution in [3.05, 3.63) is 30.3 Å². The maximum Gasteiger partial charge on any atom is 0.347 e. The number of nitrogens with one attached hydrogen (secondary N) is 1. The molecule has 0 bridgehead atoms. The minimum Gasteiger partial charge on any atom is -0.479 e. The van der Waals surface area contributed by atoms with E-state index in [1.165, 1.54) is 6.92 Å². The van der Waals surface area contributed by atoms with Crippen LogP contribution in [0.2, 0.25) is 0 Å². The van der Waals surface area contributed by atoms with Crippen LogP contribution in [-0.4, -0.2) is 50.6 Å². The molecule has 0 unspecified atom stereocenters. The summed E-state index contributed by atoms with van der Waals surface area (Å²) in [5.74, 6) is -0.659. The van der Waals surface area contributed by atoms with E-state index in [4.69, 9.17) is 9.47 Å². The van der Waals surface area contributed by atoms with Crippen molar-refractivity contribution >= 4 is 21.7 Å². The lowest BCUT2D eigenvalue weighted by Gasteiger charge is -2.15. The highest BCUT2D eigenvalue weighted by Gasteiger charge is 2.29. The maximum atomic E-state index is 11.8. The highest BCUT2D eigenvalue weighted by molar-refractivity contribution is 7.91. The van der Waals surface area contributed by atoms with Crippen molar-refractivity contribution in [2.75, 3.05) is 18.1 Å². The van der Waals surface area contributed by atoms with Gasteiger partial charge in [0.1, 0.15) is 5.75 Å². The van der Waals surface area contributed by atoms with E-state index in [1.54, 1.807) is 24.3 Å². The fourth-order valence-corrected chi connectivity index (χ4v) is 3.86. The molecule has 8 heteroatoms. The summed E-state index contributed by atoms with van der Waals surface area (Å²) in [5, 5.41) is 2.54. The van der Waals surface area contributed by atoms with Crippen molar-refractivity contribution in [3.8, 4) is 5.75 Å². The van der Waals surface area contributed by atoms with Gasteiger partial charge in [0.05, 0.1) is 11.5 Å². The number of sulfone groups is 1. The summed E-state index contributed by atoms with van der Waals surface area (Å²) in [4.78, 5) is 23.4. The van der Waals surface area contributed by atoms with Gasteiger partial charge in [-0.25, -0.2) is 13.2 Å². The van der Waals surface area contributed by atoms with Gasteiger partial charge < -0.3 is 14.8 Å². The normalized spacial score (nSPS) is 20.5. The average molecular weight is 341 g/mol. The minimum atomic E-state index is -3.06. The van der Waals surface area contributed by atoms with Gasteiger partial charge in [-0.15, -0.1) is 0 Å². The van der Waals surface area contributed by atoms with E-state index in [2.05, 4.69) is 5.32 Å². The van der Waals surface area contributed by atoms with Crippen molar-refractivity contribution in [1.29, 1.82) is 0 Å². The summed E-state index contributed by atoms with van der Waals surface area (Å²) < 4.78 is 32.9. The second-order valence-corrected chi connectivity index (χ2v) is 7.58. The third-order valence-electron chi connectivity index (χ3n) is 3.33. The first-order chi connectivity index (χ1) is 10.9. The molecule has 0 aromatic heterocycles. The summed E-state index contributed by atoms with van der Waals surface area (Å²) >= 11 is 0. The fourth-order valence-electron chi connectivity index (χ4n) is 2.18. The molecule has 2 atom stereocenters. The third-order valence-corrected chi connectivity index (χ3v) is 5.10. The standard InChI is InChI=1S/C15H19NO6S/c1-11(22-13-5-3-2-4-6-13)15(18)21-9-14(17)16-12-7-8-23(19,20)10-12/h2-6,11-12H,7-10H2,1H3,(H,16,17)/t11-,12+/m1/s1. The number of hydrogen-bond acceptors (Lipinski definition) is 6. The van der Waals surface area contributed by atoms with Crippen LogP contribution in [-0.2, 0) is 24.2 Å². The minimum absolute atomic E-state index is 0.0691. The molecule has 1 aliphatic heterocycles. The summed E-state index contributed by atoms with van der Waals surface area (Å²) in [5.41, 5.74) is 0. The Morgan fingerprint density at radius 1 is 1.30 bits per heavy atom. The monoisotopic (exact) mass is 341 g/mol. The van der Waals surface area contributed by atoms with Crippen molar-refractivity contribution in [2.45, 2.75) is 25.5 Å². The Kier molecular flexibility index (Phi) is 5.59. The highest BCUT2D eigenvalue weighted by Crippen LogP contribution is 2.12. The summed E-state index contributed by atoms with van der Waals surface area (Å²) in [6, 6.07) is 8.37.